The third kappa shape index (κ3) is 24.9. The highest BCUT2D eigenvalue weighted by molar-refractivity contribution is 5.85. The van der Waals surface area contributed by atoms with Gasteiger partial charge in [0.15, 0.2) is 29.4 Å². The van der Waals surface area contributed by atoms with Crippen molar-refractivity contribution in [3.63, 3.8) is 0 Å². The first-order valence-electron chi connectivity index (χ1n) is 25.5. The van der Waals surface area contributed by atoms with Crippen LogP contribution in [-0.4, -0.2) is 124 Å². The van der Waals surface area contributed by atoms with Crippen LogP contribution in [0.3, 0.4) is 0 Å². The highest BCUT2D eigenvalue weighted by Crippen LogP contribution is 2.11. The number of aryl methyl sites for hydroxylation is 6. The summed E-state index contributed by atoms with van der Waals surface area (Å²) in [6.07, 6.45) is 31.5. The SMILES string of the molecule is CCCCCC(=O)Cn1cc(CCCCCc2cnc(N)[nH]2)nn1.CCCCCCCC(=O)Cn1cc(CCCc2cnc(N)[nH]2)nn1.Cl.Cl.Nc1ncc(CCCc2cn(CC(=O)N3CCOCC3)nn2)[nH]1. The summed E-state index contributed by atoms with van der Waals surface area (Å²) in [4.78, 5) is 58.7. The molecule has 0 bridgehead atoms. The molecular weight excluding hydrogens is 978 g/mol. The Morgan fingerprint density at radius 1 is 0.507 bits per heavy atom. The highest BCUT2D eigenvalue weighted by atomic mass is 35.5. The van der Waals surface area contributed by atoms with Crippen LogP contribution in [0.5, 0.6) is 0 Å². The van der Waals surface area contributed by atoms with E-state index >= 15 is 0 Å². The first-order chi connectivity index (χ1) is 34.5. The van der Waals surface area contributed by atoms with Crippen molar-refractivity contribution in [2.45, 2.75) is 168 Å². The Labute approximate surface area is 440 Å². The molecule has 6 aromatic heterocycles. The predicted molar refractivity (Wildman–Crippen MR) is 284 cm³/mol. The molecule has 1 fully saturated rings. The molecule has 7 rings (SSSR count). The van der Waals surface area contributed by atoms with Gasteiger partial charge in [-0.1, -0.05) is 74.4 Å². The normalized spacial score (nSPS) is 12.0. The van der Waals surface area contributed by atoms with Crippen LogP contribution < -0.4 is 17.2 Å². The van der Waals surface area contributed by atoms with Crippen molar-refractivity contribution in [2.24, 2.45) is 0 Å². The quantitative estimate of drug-likeness (QED) is 0.0289. The molecule has 1 aliphatic rings. The summed E-state index contributed by atoms with van der Waals surface area (Å²) < 4.78 is 10.2. The fourth-order valence-corrected chi connectivity index (χ4v) is 7.89. The smallest absolute Gasteiger partial charge is 0.244 e. The van der Waals surface area contributed by atoms with Gasteiger partial charge in [-0.15, -0.1) is 40.1 Å². The topological polar surface area (TPSA) is 320 Å². The van der Waals surface area contributed by atoms with Gasteiger partial charge >= 0.3 is 0 Å². The Morgan fingerprint density at radius 2 is 0.877 bits per heavy atom. The number of nitrogens with one attached hydrogen (secondary N) is 3. The van der Waals surface area contributed by atoms with Crippen LogP contribution in [0.25, 0.3) is 0 Å². The van der Waals surface area contributed by atoms with E-state index in [1.807, 2.05) is 18.6 Å². The lowest BCUT2D eigenvalue weighted by molar-refractivity contribution is -0.136. The van der Waals surface area contributed by atoms with E-state index in [-0.39, 0.29) is 48.8 Å². The Hall–Kier alpha value is -6.20. The van der Waals surface area contributed by atoms with Crippen LogP contribution in [0.1, 0.15) is 144 Å². The number of morpholine rings is 1. The molecule has 1 amide bonds. The number of hydrogen-bond acceptors (Lipinski definition) is 16. The zero-order chi connectivity index (χ0) is 50.5. The zero-order valence-electron chi connectivity index (χ0n) is 42.8. The number of imidazole rings is 3. The number of amides is 1. The van der Waals surface area contributed by atoms with E-state index in [9.17, 15) is 14.4 Å². The molecule has 25 heteroatoms. The Balaban J connectivity index is 0.000000285. The number of ether oxygens (including phenoxy) is 1. The summed E-state index contributed by atoms with van der Waals surface area (Å²) in [6, 6.07) is 0. The second-order valence-electron chi connectivity index (χ2n) is 18.1. The van der Waals surface area contributed by atoms with Crippen LogP contribution in [0.15, 0.2) is 37.2 Å². The first-order valence-corrected chi connectivity index (χ1v) is 25.5. The van der Waals surface area contributed by atoms with Gasteiger partial charge < -0.3 is 41.8 Å². The third-order valence-electron chi connectivity index (χ3n) is 11.8. The van der Waals surface area contributed by atoms with Crippen molar-refractivity contribution in [3.8, 4) is 0 Å². The number of unbranched alkanes of at least 4 members (excludes halogenated alkanes) is 8. The summed E-state index contributed by atoms with van der Waals surface area (Å²) in [5, 5.41) is 24.5. The van der Waals surface area contributed by atoms with Crippen molar-refractivity contribution >= 4 is 60.1 Å². The van der Waals surface area contributed by atoms with Crippen molar-refractivity contribution in [2.75, 3.05) is 43.5 Å². The molecule has 7 heterocycles. The van der Waals surface area contributed by atoms with Gasteiger partial charge in [0.05, 0.1) is 48.9 Å². The lowest BCUT2D eigenvalue weighted by Gasteiger charge is -2.26. The van der Waals surface area contributed by atoms with Crippen LogP contribution in [0.2, 0.25) is 0 Å². The summed E-state index contributed by atoms with van der Waals surface area (Å²) in [6.45, 7) is 7.73. The number of halogens is 2. The molecule has 0 unspecified atom stereocenters. The number of hydrogen-bond donors (Lipinski definition) is 6. The molecule has 0 saturated carbocycles. The van der Waals surface area contributed by atoms with E-state index in [4.69, 9.17) is 21.9 Å². The minimum absolute atomic E-state index is 0. The van der Waals surface area contributed by atoms with Gasteiger partial charge in [0.25, 0.3) is 0 Å². The monoisotopic (exact) mass is 1060 g/mol. The first kappa shape index (κ1) is 61.1. The molecule has 0 aromatic carbocycles. The van der Waals surface area contributed by atoms with E-state index in [0.717, 1.165) is 137 Å². The number of aromatic amines is 3. The molecule has 1 aliphatic heterocycles. The molecule has 6 aromatic rings. The van der Waals surface area contributed by atoms with E-state index in [1.165, 1.54) is 19.3 Å². The van der Waals surface area contributed by atoms with E-state index in [2.05, 4.69) is 74.7 Å². The maximum atomic E-state index is 12.1. The standard InChI is InChI=1S/2C17H28N6O.C14H21N7O2.2ClH/c1-2-3-5-10-16(24)13-23-12-15(21-22-23)9-7-4-6-8-14-11-19-17(18)20-14;1-2-3-4-5-6-10-16(24)13-23-12-15(21-22-23)9-7-8-14-11-19-17(18)20-14;15-14-16-8-11(17-14)2-1-3-12-9-21(19-18-12)10-13(22)20-4-6-23-7-5-20;;/h2*11-12H,2-10,13H2,1H3,(H3,18,19,20);8-9H,1-7,10H2,(H3,15,16,17);2*1H. The summed E-state index contributed by atoms with van der Waals surface area (Å²) in [7, 11) is 0. The van der Waals surface area contributed by atoms with Gasteiger partial charge in [-0.25, -0.2) is 29.0 Å². The fraction of sp³-hybridized carbons (Fsp3) is 0.625. The number of nitrogen functional groups attached to an aromatic ring is 3. The molecule has 23 nitrogen and oxygen atoms in total. The van der Waals surface area contributed by atoms with Crippen LogP contribution >= 0.6 is 24.8 Å². The Morgan fingerprint density at radius 3 is 1.32 bits per heavy atom. The Kier molecular flexibility index (Phi) is 29.3. The second-order valence-corrected chi connectivity index (χ2v) is 18.1. The maximum Gasteiger partial charge on any atom is 0.244 e. The Bertz CT molecular complexity index is 2420. The molecular formula is C48H79Cl2N19O4. The lowest BCUT2D eigenvalue weighted by atomic mass is 10.1. The largest absolute Gasteiger partial charge is 0.378 e. The van der Waals surface area contributed by atoms with Crippen molar-refractivity contribution in [3.05, 3.63) is 71.3 Å². The molecule has 0 atom stereocenters. The van der Waals surface area contributed by atoms with Gasteiger partial charge in [0, 0.05) is 61.6 Å². The fourth-order valence-electron chi connectivity index (χ4n) is 7.89. The molecule has 9 N–H and O–H groups in total. The third-order valence-corrected chi connectivity index (χ3v) is 11.8. The zero-order valence-corrected chi connectivity index (χ0v) is 44.4. The molecule has 0 spiro atoms. The van der Waals surface area contributed by atoms with Gasteiger partial charge in [-0.05, 0) is 77.0 Å². The number of rotatable bonds is 30. The van der Waals surface area contributed by atoms with E-state index in [1.54, 1.807) is 37.5 Å². The average Bonchev–Trinajstić information content (AvgIpc) is 4.25. The number of H-pyrrole nitrogens is 3. The number of nitrogens with zero attached hydrogens (tertiary/aromatic N) is 13. The molecule has 0 aliphatic carbocycles. The lowest BCUT2D eigenvalue weighted by Crippen LogP contribution is -2.42. The molecule has 73 heavy (non-hydrogen) atoms. The second kappa shape index (κ2) is 35.0. The number of carbonyl (C=O) groups excluding carboxylic acids is 3. The summed E-state index contributed by atoms with van der Waals surface area (Å²) in [5.74, 6) is 1.88. The van der Waals surface area contributed by atoms with Crippen LogP contribution in [0, 0.1) is 0 Å². The number of Topliss-reactive ketones (excluding diaryl/α,β-unsaturated/α-hetero) is 2. The van der Waals surface area contributed by atoms with Gasteiger partial charge in [-0.3, -0.25) is 14.4 Å². The molecule has 404 valence electrons. The minimum atomic E-state index is 0. The van der Waals surface area contributed by atoms with Gasteiger partial charge in [0.2, 0.25) is 5.91 Å². The van der Waals surface area contributed by atoms with Crippen molar-refractivity contribution in [1.29, 1.82) is 0 Å². The number of aromatic nitrogens is 15. The highest BCUT2D eigenvalue weighted by Gasteiger charge is 2.18. The van der Waals surface area contributed by atoms with Crippen LogP contribution in [0.4, 0.5) is 17.8 Å². The summed E-state index contributed by atoms with van der Waals surface area (Å²) >= 11 is 0. The minimum Gasteiger partial charge on any atom is -0.378 e. The van der Waals surface area contributed by atoms with Crippen molar-refractivity contribution in [1.82, 2.24) is 79.8 Å². The number of carbonyl (C=O) groups is 3. The molecule has 0 radical (unpaired) electrons. The van der Waals surface area contributed by atoms with Crippen LogP contribution in [-0.2, 0) is 77.3 Å². The number of anilines is 3. The van der Waals surface area contributed by atoms with Crippen molar-refractivity contribution < 1.29 is 19.1 Å². The van der Waals surface area contributed by atoms with Gasteiger partial charge in [-0.2, -0.15) is 0 Å². The van der Waals surface area contributed by atoms with Gasteiger partial charge in [0.1, 0.15) is 19.6 Å². The number of nitrogens with two attached hydrogens (primary N) is 3. The average molecular weight is 1060 g/mol. The van der Waals surface area contributed by atoms with E-state index < -0.39 is 0 Å². The maximum absolute atomic E-state index is 12.1. The summed E-state index contributed by atoms with van der Waals surface area (Å²) in [5.41, 5.74) is 22.5. The predicted octanol–water partition coefficient (Wildman–Crippen LogP) is 5.84. The van der Waals surface area contributed by atoms with E-state index in [0.29, 0.717) is 70.1 Å². The molecule has 1 saturated heterocycles. The number of ketones is 2.